The van der Waals surface area contributed by atoms with Crippen LogP contribution in [0.5, 0.6) is 11.7 Å². The molecule has 0 fully saturated rings. The largest absolute Gasteiger partial charge is 0.538 e. The number of thioether (sulfide) groups is 1. The molecule has 0 aliphatic heterocycles. The Morgan fingerprint density at radius 1 is 1.61 bits per heavy atom. The maximum atomic E-state index is 12.4. The Hall–Kier alpha value is -1.93. The van der Waals surface area contributed by atoms with Crippen LogP contribution in [0.2, 0.25) is 5.02 Å². The predicted molar refractivity (Wildman–Crippen MR) is 83.7 cm³/mol. The predicted octanol–water partition coefficient (Wildman–Crippen LogP) is 1.74. The van der Waals surface area contributed by atoms with Gasteiger partial charge >= 0.3 is 0 Å². The van der Waals surface area contributed by atoms with Crippen molar-refractivity contribution in [3.8, 4) is 11.7 Å². The SMILES string of the molecule is CCC(Sc1c([O-])on[n+]1C)C(=O)Nc1ccc(OC)c(Cl)c1. The van der Waals surface area contributed by atoms with Gasteiger partial charge in [-0.2, -0.15) is 0 Å². The van der Waals surface area contributed by atoms with Crippen molar-refractivity contribution in [2.24, 2.45) is 7.05 Å². The molecule has 1 amide bonds. The number of benzene rings is 1. The molecule has 1 heterocycles. The highest BCUT2D eigenvalue weighted by Crippen LogP contribution is 2.30. The van der Waals surface area contributed by atoms with Crippen LogP contribution in [-0.2, 0) is 11.8 Å². The van der Waals surface area contributed by atoms with Crippen molar-refractivity contribution in [3.63, 3.8) is 0 Å². The van der Waals surface area contributed by atoms with Gasteiger partial charge in [0.05, 0.1) is 22.7 Å². The fourth-order valence-electron chi connectivity index (χ4n) is 1.85. The Morgan fingerprint density at radius 2 is 2.35 bits per heavy atom. The number of hydrogen-bond acceptors (Lipinski definition) is 6. The van der Waals surface area contributed by atoms with Crippen LogP contribution >= 0.6 is 23.4 Å². The number of halogens is 1. The van der Waals surface area contributed by atoms with E-state index < -0.39 is 11.2 Å². The molecule has 2 aromatic rings. The lowest BCUT2D eigenvalue weighted by atomic mass is 10.2. The molecule has 0 saturated carbocycles. The number of hydrogen-bond donors (Lipinski definition) is 1. The molecule has 1 aromatic carbocycles. The molecule has 23 heavy (non-hydrogen) atoms. The number of aromatic nitrogens is 2. The van der Waals surface area contributed by atoms with Gasteiger partial charge in [-0.1, -0.05) is 23.2 Å². The molecule has 1 atom stereocenters. The summed E-state index contributed by atoms with van der Waals surface area (Å²) in [7, 11) is 3.10. The van der Waals surface area contributed by atoms with Gasteiger partial charge in [0.25, 0.3) is 5.03 Å². The second-order valence-corrected chi connectivity index (χ2v) is 6.24. The number of ether oxygens (including phenoxy) is 1. The summed E-state index contributed by atoms with van der Waals surface area (Å²) < 4.78 is 10.9. The van der Waals surface area contributed by atoms with Crippen LogP contribution in [0, 0.1) is 0 Å². The summed E-state index contributed by atoms with van der Waals surface area (Å²) in [5, 5.41) is 18.1. The molecule has 7 nitrogen and oxygen atoms in total. The molecule has 0 radical (unpaired) electrons. The van der Waals surface area contributed by atoms with Crippen molar-refractivity contribution in [3.05, 3.63) is 23.2 Å². The smallest absolute Gasteiger partial charge is 0.291 e. The Labute approximate surface area is 142 Å². The Morgan fingerprint density at radius 3 is 2.87 bits per heavy atom. The van der Waals surface area contributed by atoms with E-state index in [-0.39, 0.29) is 10.9 Å². The summed E-state index contributed by atoms with van der Waals surface area (Å²) in [4.78, 5) is 12.4. The first kappa shape index (κ1) is 17.4. The van der Waals surface area contributed by atoms with E-state index in [0.29, 0.717) is 22.9 Å². The molecule has 9 heteroatoms. The van der Waals surface area contributed by atoms with E-state index in [1.165, 1.54) is 11.8 Å². The van der Waals surface area contributed by atoms with Crippen LogP contribution in [0.1, 0.15) is 13.3 Å². The normalized spacial score (nSPS) is 12.0. The van der Waals surface area contributed by atoms with E-state index in [2.05, 4.69) is 15.1 Å². The van der Waals surface area contributed by atoms with E-state index in [9.17, 15) is 9.90 Å². The first-order chi connectivity index (χ1) is 11.0. The van der Waals surface area contributed by atoms with Gasteiger partial charge in [-0.3, -0.25) is 4.79 Å². The molecular formula is C14H16ClN3O4S. The first-order valence-electron chi connectivity index (χ1n) is 6.80. The molecule has 0 saturated heterocycles. The lowest BCUT2D eigenvalue weighted by Crippen LogP contribution is -2.34. The summed E-state index contributed by atoms with van der Waals surface area (Å²) in [6.07, 6.45) is 0.533. The van der Waals surface area contributed by atoms with Crippen LogP contribution in [0.4, 0.5) is 5.69 Å². The highest BCUT2D eigenvalue weighted by molar-refractivity contribution is 8.00. The minimum atomic E-state index is -0.559. The summed E-state index contributed by atoms with van der Waals surface area (Å²) in [6, 6.07) is 4.97. The van der Waals surface area contributed by atoms with E-state index in [4.69, 9.17) is 16.3 Å². The van der Waals surface area contributed by atoms with Crippen molar-refractivity contribution in [1.82, 2.24) is 5.27 Å². The van der Waals surface area contributed by atoms with Gasteiger partial charge in [0, 0.05) is 5.69 Å². The summed E-state index contributed by atoms with van der Waals surface area (Å²) in [6.45, 7) is 1.86. The number of methoxy groups -OCH3 is 1. The number of aryl methyl sites for hydroxylation is 1. The molecule has 124 valence electrons. The number of carbonyl (C=O) groups excluding carboxylic acids is 1. The average molecular weight is 358 g/mol. The van der Waals surface area contributed by atoms with E-state index in [1.807, 2.05) is 6.92 Å². The topological polar surface area (TPSA) is 91.3 Å². The van der Waals surface area contributed by atoms with Gasteiger partial charge in [-0.15, -0.1) is 0 Å². The van der Waals surface area contributed by atoms with Gasteiger partial charge in [-0.05, 0) is 36.4 Å². The minimum absolute atomic E-state index is 0.237. The number of nitrogens with zero attached hydrogens (tertiary/aromatic N) is 2. The zero-order valence-corrected chi connectivity index (χ0v) is 14.4. The second-order valence-electron chi connectivity index (χ2n) is 4.64. The zero-order chi connectivity index (χ0) is 17.0. The number of rotatable bonds is 6. The Bertz CT molecular complexity index is 688. The van der Waals surface area contributed by atoms with Crippen LogP contribution in [0.25, 0.3) is 0 Å². The van der Waals surface area contributed by atoms with Crippen molar-refractivity contribution < 1.29 is 23.8 Å². The highest BCUT2D eigenvalue weighted by atomic mass is 35.5. The monoisotopic (exact) mass is 357 g/mol. The summed E-state index contributed by atoms with van der Waals surface area (Å²) in [5.74, 6) is -0.269. The van der Waals surface area contributed by atoms with E-state index >= 15 is 0 Å². The van der Waals surface area contributed by atoms with Crippen molar-refractivity contribution in [1.29, 1.82) is 0 Å². The second kappa shape index (κ2) is 7.56. The van der Waals surface area contributed by atoms with E-state index in [1.54, 1.807) is 25.2 Å². The molecule has 0 aliphatic carbocycles. The van der Waals surface area contributed by atoms with E-state index in [0.717, 1.165) is 11.8 Å². The first-order valence-corrected chi connectivity index (χ1v) is 8.06. The summed E-state index contributed by atoms with van der Waals surface area (Å²) >= 11 is 7.15. The molecule has 0 aliphatic rings. The van der Waals surface area contributed by atoms with Crippen molar-refractivity contribution in [2.45, 2.75) is 23.6 Å². The zero-order valence-electron chi connectivity index (χ0n) is 12.8. The van der Waals surface area contributed by atoms with Crippen LogP contribution in [-0.4, -0.2) is 23.5 Å². The van der Waals surface area contributed by atoms with Gasteiger partial charge in [0.15, 0.2) is 13.0 Å². The Balaban J connectivity index is 2.10. The third-order valence-electron chi connectivity index (χ3n) is 3.05. The standard InChI is InChI=1S/C14H16ClN3O4S/c1-4-11(23-13-14(20)22-17-18(13)2)12(19)16-8-5-6-10(21-3)9(15)7-8/h5-7,11H,4H2,1-3H3,(H-,16,17,19,20). The molecule has 0 bridgehead atoms. The fourth-order valence-corrected chi connectivity index (χ4v) is 3.03. The third-order valence-corrected chi connectivity index (χ3v) is 4.83. The third kappa shape index (κ3) is 4.08. The number of nitrogens with one attached hydrogen (secondary N) is 1. The van der Waals surface area contributed by atoms with Gasteiger partial charge in [-0.25, -0.2) is 0 Å². The average Bonchev–Trinajstić information content (AvgIpc) is 2.83. The number of anilines is 1. The van der Waals surface area contributed by atoms with Gasteiger partial charge < -0.3 is 19.7 Å². The van der Waals surface area contributed by atoms with Crippen molar-refractivity contribution in [2.75, 3.05) is 12.4 Å². The number of amides is 1. The van der Waals surface area contributed by atoms with Gasteiger partial charge in [0.2, 0.25) is 5.91 Å². The fraction of sp³-hybridized carbons (Fsp3) is 0.357. The molecule has 1 unspecified atom stereocenters. The number of carbonyl (C=O) groups is 1. The maximum absolute atomic E-state index is 12.4. The lowest BCUT2D eigenvalue weighted by molar-refractivity contribution is -0.772. The lowest BCUT2D eigenvalue weighted by Gasteiger charge is -2.13. The van der Waals surface area contributed by atoms with Crippen LogP contribution < -0.4 is 19.8 Å². The molecule has 1 N–H and O–H groups in total. The van der Waals surface area contributed by atoms with Crippen LogP contribution in [0.15, 0.2) is 27.7 Å². The Kier molecular flexibility index (Phi) is 5.73. The molecule has 0 spiro atoms. The molecule has 1 aromatic heterocycles. The quantitative estimate of drug-likeness (QED) is 0.625. The highest BCUT2D eigenvalue weighted by Gasteiger charge is 2.25. The summed E-state index contributed by atoms with van der Waals surface area (Å²) in [5.41, 5.74) is 0.553. The molecular weight excluding hydrogens is 342 g/mol. The molecule has 2 rings (SSSR count). The van der Waals surface area contributed by atoms with Crippen molar-refractivity contribution >= 4 is 35.0 Å². The minimum Gasteiger partial charge on any atom is -0.538 e. The van der Waals surface area contributed by atoms with Crippen LogP contribution in [0.3, 0.4) is 0 Å². The maximum Gasteiger partial charge on any atom is 0.291 e. The van der Waals surface area contributed by atoms with Gasteiger partial charge in [0.1, 0.15) is 5.75 Å².